The van der Waals surface area contributed by atoms with Gasteiger partial charge in [-0.05, 0) is 31.9 Å². The third-order valence-corrected chi connectivity index (χ3v) is 4.93. The number of aryl methyl sites for hydroxylation is 1. The normalized spacial score (nSPS) is 31.9. The minimum atomic E-state index is -0.176. The largest absolute Gasteiger partial charge is 0.378 e. The van der Waals surface area contributed by atoms with Gasteiger partial charge in [-0.25, -0.2) is 0 Å². The second-order valence-corrected chi connectivity index (χ2v) is 6.59. The lowest BCUT2D eigenvalue weighted by molar-refractivity contribution is -0.0920. The quantitative estimate of drug-likeness (QED) is 0.772. The van der Waals surface area contributed by atoms with Crippen LogP contribution in [0.1, 0.15) is 33.8 Å². The zero-order chi connectivity index (χ0) is 12.6. The molecule has 18 heavy (non-hydrogen) atoms. The molecule has 2 aliphatic rings. The highest BCUT2D eigenvalue weighted by atomic mass is 32.1. The third kappa shape index (κ3) is 2.25. The molecule has 2 fully saturated rings. The summed E-state index contributed by atoms with van der Waals surface area (Å²) in [5.41, 5.74) is -0.176. The molecule has 0 aliphatic carbocycles. The molecular formula is C14H18O3S. The van der Waals surface area contributed by atoms with Crippen LogP contribution in [0.3, 0.4) is 0 Å². The molecule has 0 amide bonds. The van der Waals surface area contributed by atoms with Gasteiger partial charge in [0.1, 0.15) is 0 Å². The highest BCUT2D eigenvalue weighted by Gasteiger charge is 2.43. The number of ketones is 1. The van der Waals surface area contributed by atoms with Crippen molar-refractivity contribution in [1.29, 1.82) is 0 Å². The molecule has 0 N–H and O–H groups in total. The number of carbonyl (C=O) groups is 1. The van der Waals surface area contributed by atoms with Crippen molar-refractivity contribution in [3.8, 4) is 0 Å². The van der Waals surface area contributed by atoms with E-state index in [0.717, 1.165) is 30.7 Å². The van der Waals surface area contributed by atoms with Crippen LogP contribution in [0.25, 0.3) is 0 Å². The number of rotatable bonds is 2. The molecule has 1 spiro atoms. The van der Waals surface area contributed by atoms with Crippen LogP contribution < -0.4 is 0 Å². The van der Waals surface area contributed by atoms with E-state index in [4.69, 9.17) is 9.47 Å². The molecule has 0 radical (unpaired) electrons. The van der Waals surface area contributed by atoms with E-state index in [1.165, 1.54) is 4.88 Å². The SMILES string of the molecule is Cc1ccc(C(=O)C2CCOC3(CCOC3)C2)s1. The molecule has 2 saturated heterocycles. The van der Waals surface area contributed by atoms with Crippen molar-refractivity contribution >= 4 is 17.1 Å². The highest BCUT2D eigenvalue weighted by Crippen LogP contribution is 2.37. The number of Topliss-reactive ketones (excluding diaryl/α,β-unsaturated/α-hetero) is 1. The first-order valence-corrected chi connectivity index (χ1v) is 7.33. The van der Waals surface area contributed by atoms with Gasteiger partial charge in [0.25, 0.3) is 0 Å². The van der Waals surface area contributed by atoms with Gasteiger partial charge >= 0.3 is 0 Å². The lowest BCUT2D eigenvalue weighted by atomic mass is 9.82. The number of thiophene rings is 1. The Labute approximate surface area is 111 Å². The van der Waals surface area contributed by atoms with Crippen molar-refractivity contribution < 1.29 is 14.3 Å². The first-order valence-electron chi connectivity index (χ1n) is 6.51. The Balaban J connectivity index is 1.74. The fraction of sp³-hybridized carbons (Fsp3) is 0.643. The van der Waals surface area contributed by atoms with Gasteiger partial charge in [0.2, 0.25) is 0 Å². The Morgan fingerprint density at radius 3 is 3.00 bits per heavy atom. The Morgan fingerprint density at radius 1 is 1.44 bits per heavy atom. The summed E-state index contributed by atoms with van der Waals surface area (Å²) in [6, 6.07) is 3.97. The van der Waals surface area contributed by atoms with E-state index in [0.29, 0.717) is 19.0 Å². The standard InChI is InChI=1S/C14H18O3S/c1-10-2-3-12(18-10)13(15)11-4-6-17-14(8-11)5-7-16-9-14/h2-3,11H,4-9H2,1H3. The second kappa shape index (κ2) is 4.76. The summed E-state index contributed by atoms with van der Waals surface area (Å²) >= 11 is 1.60. The molecule has 1 aromatic heterocycles. The van der Waals surface area contributed by atoms with Gasteiger partial charge in [-0.1, -0.05) is 0 Å². The predicted molar refractivity (Wildman–Crippen MR) is 70.2 cm³/mol. The summed E-state index contributed by atoms with van der Waals surface area (Å²) in [5.74, 6) is 0.404. The van der Waals surface area contributed by atoms with Crippen LogP contribution in [0.5, 0.6) is 0 Å². The Morgan fingerprint density at radius 2 is 2.33 bits per heavy atom. The zero-order valence-corrected chi connectivity index (χ0v) is 11.4. The van der Waals surface area contributed by atoms with Gasteiger partial charge < -0.3 is 9.47 Å². The van der Waals surface area contributed by atoms with E-state index in [2.05, 4.69) is 0 Å². The fourth-order valence-electron chi connectivity index (χ4n) is 2.88. The van der Waals surface area contributed by atoms with Crippen LogP contribution in [0, 0.1) is 12.8 Å². The molecule has 2 unspecified atom stereocenters. The van der Waals surface area contributed by atoms with Crippen LogP contribution in [0.2, 0.25) is 0 Å². The minimum Gasteiger partial charge on any atom is -0.378 e. The monoisotopic (exact) mass is 266 g/mol. The van der Waals surface area contributed by atoms with Crippen molar-refractivity contribution in [1.82, 2.24) is 0 Å². The maximum atomic E-state index is 12.5. The molecule has 0 bridgehead atoms. The number of hydrogen-bond donors (Lipinski definition) is 0. The van der Waals surface area contributed by atoms with Crippen LogP contribution >= 0.6 is 11.3 Å². The van der Waals surface area contributed by atoms with Gasteiger partial charge in [0.05, 0.1) is 17.1 Å². The zero-order valence-electron chi connectivity index (χ0n) is 10.6. The molecule has 3 nitrogen and oxygen atoms in total. The van der Waals surface area contributed by atoms with Gasteiger partial charge in [-0.3, -0.25) is 4.79 Å². The van der Waals surface area contributed by atoms with E-state index in [9.17, 15) is 4.79 Å². The lowest BCUT2D eigenvalue weighted by Crippen LogP contribution is -2.42. The number of hydrogen-bond acceptors (Lipinski definition) is 4. The topological polar surface area (TPSA) is 35.5 Å². The highest BCUT2D eigenvalue weighted by molar-refractivity contribution is 7.14. The fourth-order valence-corrected chi connectivity index (χ4v) is 3.77. The number of carbonyl (C=O) groups excluding carboxylic acids is 1. The molecule has 3 rings (SSSR count). The molecule has 0 aromatic carbocycles. The van der Waals surface area contributed by atoms with Gasteiger partial charge in [0, 0.05) is 30.4 Å². The molecule has 1 aromatic rings. The summed E-state index contributed by atoms with van der Waals surface area (Å²) < 4.78 is 11.3. The van der Waals surface area contributed by atoms with E-state index in [1.54, 1.807) is 11.3 Å². The van der Waals surface area contributed by atoms with Gasteiger partial charge in [-0.2, -0.15) is 0 Å². The van der Waals surface area contributed by atoms with E-state index < -0.39 is 0 Å². The second-order valence-electron chi connectivity index (χ2n) is 5.30. The predicted octanol–water partition coefficient (Wildman–Crippen LogP) is 2.82. The Bertz CT molecular complexity index is 446. The first-order chi connectivity index (χ1) is 8.69. The van der Waals surface area contributed by atoms with Crippen molar-refractivity contribution in [3.63, 3.8) is 0 Å². The van der Waals surface area contributed by atoms with Crippen LogP contribution in [0.15, 0.2) is 12.1 Å². The number of ether oxygens (including phenoxy) is 2. The Kier molecular flexibility index (Phi) is 3.26. The maximum absolute atomic E-state index is 12.5. The van der Waals surface area contributed by atoms with Crippen LogP contribution in [-0.2, 0) is 9.47 Å². The van der Waals surface area contributed by atoms with Crippen molar-refractivity contribution in [3.05, 3.63) is 21.9 Å². The first kappa shape index (κ1) is 12.3. The summed E-state index contributed by atoms with van der Waals surface area (Å²) in [4.78, 5) is 14.6. The van der Waals surface area contributed by atoms with E-state index in [-0.39, 0.29) is 11.5 Å². The Hall–Kier alpha value is -0.710. The summed E-state index contributed by atoms with van der Waals surface area (Å²) in [6.07, 6.45) is 2.60. The van der Waals surface area contributed by atoms with Crippen molar-refractivity contribution in [2.24, 2.45) is 5.92 Å². The molecule has 4 heteroatoms. The van der Waals surface area contributed by atoms with Crippen LogP contribution in [0.4, 0.5) is 0 Å². The summed E-state index contributed by atoms with van der Waals surface area (Å²) in [6.45, 7) is 4.14. The summed E-state index contributed by atoms with van der Waals surface area (Å²) in [5, 5.41) is 0. The minimum absolute atomic E-state index is 0.110. The van der Waals surface area contributed by atoms with E-state index >= 15 is 0 Å². The lowest BCUT2D eigenvalue weighted by Gasteiger charge is -2.36. The van der Waals surface area contributed by atoms with Gasteiger partial charge in [0.15, 0.2) is 5.78 Å². The molecule has 3 heterocycles. The van der Waals surface area contributed by atoms with Crippen LogP contribution in [-0.4, -0.2) is 31.2 Å². The molecule has 2 atom stereocenters. The molecular weight excluding hydrogens is 248 g/mol. The smallest absolute Gasteiger partial charge is 0.176 e. The average molecular weight is 266 g/mol. The maximum Gasteiger partial charge on any atom is 0.176 e. The average Bonchev–Trinajstić information content (AvgIpc) is 2.98. The molecule has 2 aliphatic heterocycles. The summed E-state index contributed by atoms with van der Waals surface area (Å²) in [7, 11) is 0. The van der Waals surface area contributed by atoms with E-state index in [1.807, 2.05) is 19.1 Å². The molecule has 0 saturated carbocycles. The van der Waals surface area contributed by atoms with Crippen molar-refractivity contribution in [2.45, 2.75) is 31.8 Å². The van der Waals surface area contributed by atoms with Crippen molar-refractivity contribution in [2.75, 3.05) is 19.8 Å². The van der Waals surface area contributed by atoms with Gasteiger partial charge in [-0.15, -0.1) is 11.3 Å². The molecule has 98 valence electrons. The third-order valence-electron chi connectivity index (χ3n) is 3.91.